The Morgan fingerprint density at radius 3 is 2.69 bits per heavy atom. The van der Waals surface area contributed by atoms with Crippen molar-refractivity contribution in [3.8, 4) is 5.75 Å². The summed E-state index contributed by atoms with van der Waals surface area (Å²) in [7, 11) is 5.27. The van der Waals surface area contributed by atoms with Gasteiger partial charge in [-0.25, -0.2) is 14.4 Å². The number of carbonyl (C=O) groups is 1. The third-order valence-electron chi connectivity index (χ3n) is 7.29. The molecular formula is C25H30ClFN6O2. The minimum Gasteiger partial charge on any atom is -0.496 e. The molecule has 3 aromatic rings. The van der Waals surface area contributed by atoms with Gasteiger partial charge in [-0.3, -0.25) is 9.69 Å². The summed E-state index contributed by atoms with van der Waals surface area (Å²) in [4.78, 5) is 23.7. The average Bonchev–Trinajstić information content (AvgIpc) is 2.80. The SMILES string of the molecule is CNC(=O)C1(C(C)(C)N(C)Cc2cc3c(Nc4cccc(Cl)c4F)ncnc3cc2OC)CNC1. The number of hydrogen-bond donors (Lipinski definition) is 3. The summed E-state index contributed by atoms with van der Waals surface area (Å²) < 4.78 is 20.2. The van der Waals surface area contributed by atoms with Crippen LogP contribution in [0.2, 0.25) is 5.02 Å². The molecule has 0 radical (unpaired) electrons. The Balaban J connectivity index is 1.71. The molecule has 10 heteroatoms. The summed E-state index contributed by atoms with van der Waals surface area (Å²) in [6.07, 6.45) is 1.41. The van der Waals surface area contributed by atoms with Crippen molar-refractivity contribution in [1.29, 1.82) is 0 Å². The summed E-state index contributed by atoms with van der Waals surface area (Å²) in [5.74, 6) is 0.582. The van der Waals surface area contributed by atoms with Crippen LogP contribution in [0.15, 0.2) is 36.7 Å². The van der Waals surface area contributed by atoms with E-state index in [0.29, 0.717) is 42.1 Å². The molecule has 0 spiro atoms. The maximum absolute atomic E-state index is 14.5. The number of anilines is 2. The second kappa shape index (κ2) is 9.56. The highest BCUT2D eigenvalue weighted by Crippen LogP contribution is 2.41. The zero-order chi connectivity index (χ0) is 25.4. The second-order valence-electron chi connectivity index (χ2n) is 9.31. The molecule has 2 heterocycles. The molecule has 1 saturated heterocycles. The first-order valence-electron chi connectivity index (χ1n) is 11.3. The Hall–Kier alpha value is -3.01. The number of methoxy groups -OCH3 is 1. The molecule has 4 rings (SSSR count). The largest absolute Gasteiger partial charge is 0.496 e. The van der Waals surface area contributed by atoms with Crippen LogP contribution < -0.4 is 20.7 Å². The van der Waals surface area contributed by atoms with Crippen LogP contribution in [-0.2, 0) is 11.3 Å². The van der Waals surface area contributed by atoms with Crippen molar-refractivity contribution < 1.29 is 13.9 Å². The maximum atomic E-state index is 14.5. The number of rotatable bonds is 8. The Morgan fingerprint density at radius 1 is 1.31 bits per heavy atom. The van der Waals surface area contributed by atoms with Gasteiger partial charge in [0.25, 0.3) is 0 Å². The summed E-state index contributed by atoms with van der Waals surface area (Å²) >= 11 is 5.95. The van der Waals surface area contributed by atoms with Gasteiger partial charge in [0.15, 0.2) is 5.82 Å². The lowest BCUT2D eigenvalue weighted by Crippen LogP contribution is -2.73. The molecule has 0 atom stereocenters. The third-order valence-corrected chi connectivity index (χ3v) is 7.58. The van der Waals surface area contributed by atoms with Crippen LogP contribution in [0, 0.1) is 11.2 Å². The first-order chi connectivity index (χ1) is 16.6. The highest BCUT2D eigenvalue weighted by atomic mass is 35.5. The van der Waals surface area contributed by atoms with Gasteiger partial charge >= 0.3 is 0 Å². The fraction of sp³-hybridized carbons (Fsp3) is 0.400. The summed E-state index contributed by atoms with van der Waals surface area (Å²) in [6, 6.07) is 8.54. The number of nitrogens with zero attached hydrogens (tertiary/aromatic N) is 3. The predicted octanol–water partition coefficient (Wildman–Crippen LogP) is 3.72. The molecule has 0 unspecified atom stereocenters. The third kappa shape index (κ3) is 4.28. The van der Waals surface area contributed by atoms with Gasteiger partial charge in [-0.15, -0.1) is 0 Å². The number of fused-ring (bicyclic) bond motifs is 1. The second-order valence-corrected chi connectivity index (χ2v) is 9.72. The van der Waals surface area contributed by atoms with Crippen LogP contribution in [0.25, 0.3) is 10.9 Å². The molecule has 0 bridgehead atoms. The summed E-state index contributed by atoms with van der Waals surface area (Å²) in [5, 5.41) is 9.85. The topological polar surface area (TPSA) is 91.4 Å². The van der Waals surface area contributed by atoms with E-state index in [0.717, 1.165) is 5.56 Å². The molecule has 35 heavy (non-hydrogen) atoms. The number of aromatic nitrogens is 2. The van der Waals surface area contributed by atoms with E-state index in [-0.39, 0.29) is 16.6 Å². The number of carbonyl (C=O) groups excluding carboxylic acids is 1. The molecule has 0 aliphatic carbocycles. The maximum Gasteiger partial charge on any atom is 0.230 e. The van der Waals surface area contributed by atoms with E-state index in [9.17, 15) is 9.18 Å². The van der Waals surface area contributed by atoms with E-state index in [1.54, 1.807) is 26.3 Å². The van der Waals surface area contributed by atoms with Crippen LogP contribution in [-0.4, -0.2) is 60.6 Å². The molecule has 1 amide bonds. The first-order valence-corrected chi connectivity index (χ1v) is 11.7. The van der Waals surface area contributed by atoms with Crippen molar-refractivity contribution in [2.24, 2.45) is 5.41 Å². The van der Waals surface area contributed by atoms with E-state index in [1.165, 1.54) is 12.4 Å². The van der Waals surface area contributed by atoms with Crippen molar-refractivity contribution in [2.75, 3.05) is 39.6 Å². The summed E-state index contributed by atoms with van der Waals surface area (Å²) in [5.41, 5.74) is 0.742. The highest BCUT2D eigenvalue weighted by molar-refractivity contribution is 6.31. The molecule has 1 aromatic heterocycles. The smallest absolute Gasteiger partial charge is 0.230 e. The van der Waals surface area contributed by atoms with E-state index in [2.05, 4.69) is 44.7 Å². The molecule has 1 aliphatic heterocycles. The minimum absolute atomic E-state index is 0.0158. The molecule has 1 aliphatic rings. The van der Waals surface area contributed by atoms with Gasteiger partial charge in [-0.1, -0.05) is 17.7 Å². The first kappa shape index (κ1) is 25.1. The Labute approximate surface area is 209 Å². The number of benzene rings is 2. The molecule has 8 nitrogen and oxygen atoms in total. The molecule has 186 valence electrons. The Morgan fingerprint density at radius 2 is 2.06 bits per heavy atom. The lowest BCUT2D eigenvalue weighted by atomic mass is 9.65. The van der Waals surface area contributed by atoms with E-state index >= 15 is 0 Å². The number of hydrogen-bond acceptors (Lipinski definition) is 7. The molecule has 3 N–H and O–H groups in total. The van der Waals surface area contributed by atoms with Gasteiger partial charge in [0.2, 0.25) is 5.91 Å². The van der Waals surface area contributed by atoms with Gasteiger partial charge in [-0.2, -0.15) is 0 Å². The summed E-state index contributed by atoms with van der Waals surface area (Å²) in [6.45, 7) is 5.87. The van der Waals surface area contributed by atoms with Crippen LogP contribution in [0.4, 0.5) is 15.9 Å². The monoisotopic (exact) mass is 500 g/mol. The molecular weight excluding hydrogens is 471 g/mol. The lowest BCUT2D eigenvalue weighted by molar-refractivity contribution is -0.145. The molecule has 0 saturated carbocycles. The fourth-order valence-corrected chi connectivity index (χ4v) is 4.75. The van der Waals surface area contributed by atoms with Gasteiger partial charge < -0.3 is 20.7 Å². The zero-order valence-electron chi connectivity index (χ0n) is 20.5. The number of nitrogens with one attached hydrogen (secondary N) is 3. The number of amides is 1. The van der Waals surface area contributed by atoms with Crippen LogP contribution in [0.3, 0.4) is 0 Å². The zero-order valence-corrected chi connectivity index (χ0v) is 21.3. The van der Waals surface area contributed by atoms with Crippen LogP contribution in [0.5, 0.6) is 5.75 Å². The van der Waals surface area contributed by atoms with Gasteiger partial charge in [0.05, 0.1) is 28.8 Å². The van der Waals surface area contributed by atoms with Crippen molar-refractivity contribution >= 4 is 39.9 Å². The van der Waals surface area contributed by atoms with Crippen molar-refractivity contribution in [1.82, 2.24) is 25.5 Å². The normalized spacial score (nSPS) is 15.1. The minimum atomic E-state index is -0.555. The molecule has 1 fully saturated rings. The molecule has 2 aromatic carbocycles. The van der Waals surface area contributed by atoms with Crippen molar-refractivity contribution in [3.05, 3.63) is 53.1 Å². The Bertz CT molecular complexity index is 1260. The fourth-order valence-electron chi connectivity index (χ4n) is 4.57. The van der Waals surface area contributed by atoms with E-state index in [4.69, 9.17) is 16.3 Å². The number of ether oxygens (including phenoxy) is 1. The van der Waals surface area contributed by atoms with E-state index in [1.807, 2.05) is 19.2 Å². The standard InChI is InChI=1S/C25H30ClFN6O2/c1-24(2,25(12-29-13-25)23(34)28-3)33(4)11-15-9-16-19(10-20(15)35-5)30-14-31-22(16)32-18-8-6-7-17(26)21(18)27/h6-10,14,29H,11-13H2,1-5H3,(H,28,34)(H,30,31,32). The van der Waals surface area contributed by atoms with Crippen LogP contribution >= 0.6 is 11.6 Å². The van der Waals surface area contributed by atoms with Gasteiger partial charge in [0.1, 0.15) is 17.9 Å². The lowest BCUT2D eigenvalue weighted by Gasteiger charge is -2.55. The van der Waals surface area contributed by atoms with Crippen LogP contribution in [0.1, 0.15) is 19.4 Å². The van der Waals surface area contributed by atoms with E-state index < -0.39 is 16.8 Å². The highest BCUT2D eigenvalue weighted by Gasteiger charge is 2.56. The predicted molar refractivity (Wildman–Crippen MR) is 136 cm³/mol. The van der Waals surface area contributed by atoms with Gasteiger partial charge in [0, 0.05) is 49.2 Å². The quantitative estimate of drug-likeness (QED) is 0.434. The number of halogens is 2. The van der Waals surface area contributed by atoms with Gasteiger partial charge in [-0.05, 0) is 39.1 Å². The Kier molecular flexibility index (Phi) is 6.86. The average molecular weight is 501 g/mol. The van der Waals surface area contributed by atoms with Crippen molar-refractivity contribution in [3.63, 3.8) is 0 Å². The van der Waals surface area contributed by atoms with Crippen molar-refractivity contribution in [2.45, 2.75) is 25.9 Å².